The number of carbonyl (C=O) groups is 2. The minimum Gasteiger partial charge on any atom is -0.494 e. The maximum Gasteiger partial charge on any atom is 0.278 e. The topological polar surface area (TPSA) is 71.8 Å². The number of hydrogen-bond donors (Lipinski definition) is 1. The Labute approximate surface area is 187 Å². The summed E-state index contributed by atoms with van der Waals surface area (Å²) in [6.45, 7) is 6.66. The van der Waals surface area contributed by atoms with Crippen LogP contribution in [-0.2, 0) is 16.1 Å². The first-order chi connectivity index (χ1) is 15.5. The molecule has 0 saturated carbocycles. The lowest BCUT2D eigenvalue weighted by Gasteiger charge is -2.14. The highest BCUT2D eigenvalue weighted by molar-refractivity contribution is 6.36. The Kier molecular flexibility index (Phi) is 6.12. The zero-order chi connectivity index (χ0) is 22.7. The number of nitrogens with zero attached hydrogens (tertiary/aromatic N) is 1. The zero-order valence-electron chi connectivity index (χ0n) is 18.5. The number of furan rings is 1. The van der Waals surface area contributed by atoms with Gasteiger partial charge in [-0.15, -0.1) is 0 Å². The Bertz CT molecular complexity index is 1180. The Hall–Kier alpha value is -3.80. The van der Waals surface area contributed by atoms with Crippen LogP contribution in [0.5, 0.6) is 5.75 Å². The Morgan fingerprint density at radius 2 is 1.84 bits per heavy atom. The smallest absolute Gasteiger partial charge is 0.278 e. The first-order valence-corrected chi connectivity index (χ1v) is 10.7. The van der Waals surface area contributed by atoms with Crippen LogP contribution in [0.3, 0.4) is 0 Å². The fraction of sp³-hybridized carbons (Fsp3) is 0.231. The van der Waals surface area contributed by atoms with Crippen LogP contribution in [0.1, 0.15) is 35.8 Å². The van der Waals surface area contributed by atoms with Gasteiger partial charge in [0.1, 0.15) is 17.2 Å². The van der Waals surface area contributed by atoms with Gasteiger partial charge in [-0.3, -0.25) is 14.5 Å². The lowest BCUT2D eigenvalue weighted by Crippen LogP contribution is -2.31. The van der Waals surface area contributed by atoms with E-state index in [4.69, 9.17) is 9.15 Å². The van der Waals surface area contributed by atoms with Crippen LogP contribution in [0.4, 0.5) is 5.69 Å². The summed E-state index contributed by atoms with van der Waals surface area (Å²) in [5.41, 5.74) is 4.04. The molecule has 6 heteroatoms. The van der Waals surface area contributed by atoms with Gasteiger partial charge in [-0.05, 0) is 55.7 Å². The monoisotopic (exact) mass is 430 g/mol. The second-order valence-corrected chi connectivity index (χ2v) is 7.85. The van der Waals surface area contributed by atoms with Gasteiger partial charge in [0.05, 0.1) is 25.0 Å². The maximum absolute atomic E-state index is 13.4. The molecule has 32 heavy (non-hydrogen) atoms. The van der Waals surface area contributed by atoms with Crippen LogP contribution >= 0.6 is 0 Å². The second kappa shape index (κ2) is 9.14. The normalized spacial score (nSPS) is 13.8. The molecular weight excluding hydrogens is 404 g/mol. The average molecular weight is 431 g/mol. The summed E-state index contributed by atoms with van der Waals surface area (Å²) < 4.78 is 11.1. The van der Waals surface area contributed by atoms with Crippen molar-refractivity contribution in [2.45, 2.75) is 33.7 Å². The van der Waals surface area contributed by atoms with Crippen LogP contribution in [-0.4, -0.2) is 23.3 Å². The molecule has 3 aromatic rings. The Morgan fingerprint density at radius 1 is 1.00 bits per heavy atom. The van der Waals surface area contributed by atoms with E-state index in [0.717, 1.165) is 23.1 Å². The van der Waals surface area contributed by atoms with Crippen LogP contribution in [0.2, 0.25) is 0 Å². The van der Waals surface area contributed by atoms with E-state index >= 15 is 0 Å². The fourth-order valence-electron chi connectivity index (χ4n) is 3.77. The lowest BCUT2D eigenvalue weighted by molar-refractivity contribution is -0.137. The predicted octanol–water partition coefficient (Wildman–Crippen LogP) is 5.08. The van der Waals surface area contributed by atoms with Gasteiger partial charge in [-0.2, -0.15) is 0 Å². The standard InChI is InChI=1S/C26H26N2O4/c1-4-12-31-20-8-5-7-19(15-20)27-24-23(22-11-10-17(2)14-18(22)3)25(29)28(26(24)30)16-21-9-6-13-32-21/h5-11,13-15,27H,4,12,16H2,1-3H3. The molecule has 1 N–H and O–H groups in total. The Balaban J connectivity index is 1.74. The minimum atomic E-state index is -0.388. The first kappa shape index (κ1) is 21.4. The van der Waals surface area contributed by atoms with Crippen molar-refractivity contribution in [3.8, 4) is 5.75 Å². The summed E-state index contributed by atoms with van der Waals surface area (Å²) in [7, 11) is 0. The number of nitrogens with one attached hydrogen (secondary N) is 1. The molecule has 0 bridgehead atoms. The third-order valence-corrected chi connectivity index (χ3v) is 5.29. The quantitative estimate of drug-likeness (QED) is 0.505. The predicted molar refractivity (Wildman–Crippen MR) is 123 cm³/mol. The molecule has 0 atom stereocenters. The van der Waals surface area contributed by atoms with Gasteiger partial charge in [-0.1, -0.05) is 36.8 Å². The Morgan fingerprint density at radius 3 is 2.56 bits per heavy atom. The molecule has 1 aromatic heterocycles. The third kappa shape index (κ3) is 4.30. The van der Waals surface area contributed by atoms with Gasteiger partial charge in [0.2, 0.25) is 0 Å². The minimum absolute atomic E-state index is 0.0733. The number of aryl methyl sites for hydroxylation is 2. The van der Waals surface area contributed by atoms with E-state index in [2.05, 4.69) is 5.32 Å². The third-order valence-electron chi connectivity index (χ3n) is 5.29. The fourth-order valence-corrected chi connectivity index (χ4v) is 3.77. The summed E-state index contributed by atoms with van der Waals surface area (Å²) in [4.78, 5) is 28.0. The molecule has 164 valence electrons. The average Bonchev–Trinajstić information content (AvgIpc) is 3.36. The number of carbonyl (C=O) groups excluding carboxylic acids is 2. The van der Waals surface area contributed by atoms with Crippen molar-refractivity contribution in [3.05, 3.63) is 89.0 Å². The largest absolute Gasteiger partial charge is 0.494 e. The van der Waals surface area contributed by atoms with E-state index in [0.29, 0.717) is 29.4 Å². The highest BCUT2D eigenvalue weighted by Crippen LogP contribution is 2.34. The van der Waals surface area contributed by atoms with Crippen LogP contribution in [0.25, 0.3) is 5.57 Å². The molecule has 1 aliphatic heterocycles. The summed E-state index contributed by atoms with van der Waals surface area (Å²) in [5.74, 6) is 0.512. The van der Waals surface area contributed by atoms with E-state index < -0.39 is 0 Å². The number of hydrogen-bond acceptors (Lipinski definition) is 5. The number of amides is 2. The SMILES string of the molecule is CCCOc1cccc(NC2=C(c3ccc(C)cc3C)C(=O)N(Cc3ccco3)C2=O)c1. The molecule has 0 fully saturated rings. The van der Waals surface area contributed by atoms with Crippen LogP contribution in [0, 0.1) is 13.8 Å². The summed E-state index contributed by atoms with van der Waals surface area (Å²) in [6, 6.07) is 16.7. The van der Waals surface area contributed by atoms with Crippen molar-refractivity contribution >= 4 is 23.1 Å². The van der Waals surface area contributed by atoms with E-state index in [9.17, 15) is 9.59 Å². The van der Waals surface area contributed by atoms with E-state index in [1.54, 1.807) is 12.1 Å². The number of anilines is 1. The van der Waals surface area contributed by atoms with Crippen LogP contribution in [0.15, 0.2) is 71.0 Å². The van der Waals surface area contributed by atoms with Crippen molar-refractivity contribution in [3.63, 3.8) is 0 Å². The molecule has 0 saturated heterocycles. The molecule has 1 aliphatic rings. The molecule has 6 nitrogen and oxygen atoms in total. The lowest BCUT2D eigenvalue weighted by atomic mass is 9.97. The maximum atomic E-state index is 13.4. The second-order valence-electron chi connectivity index (χ2n) is 7.85. The zero-order valence-corrected chi connectivity index (χ0v) is 18.5. The van der Waals surface area contributed by atoms with Gasteiger partial charge in [0.25, 0.3) is 11.8 Å². The van der Waals surface area contributed by atoms with E-state index in [-0.39, 0.29) is 24.1 Å². The van der Waals surface area contributed by atoms with Gasteiger partial charge in [-0.25, -0.2) is 0 Å². The van der Waals surface area contributed by atoms with E-state index in [1.165, 1.54) is 11.2 Å². The van der Waals surface area contributed by atoms with E-state index in [1.807, 2.05) is 63.2 Å². The van der Waals surface area contributed by atoms with Crippen molar-refractivity contribution < 1.29 is 18.7 Å². The molecule has 0 aliphatic carbocycles. The molecule has 2 heterocycles. The van der Waals surface area contributed by atoms with Gasteiger partial charge in [0, 0.05) is 11.8 Å². The molecule has 2 aromatic carbocycles. The van der Waals surface area contributed by atoms with Crippen molar-refractivity contribution in [2.24, 2.45) is 0 Å². The highest BCUT2D eigenvalue weighted by Gasteiger charge is 2.40. The summed E-state index contributed by atoms with van der Waals surface area (Å²) in [5, 5.41) is 3.19. The van der Waals surface area contributed by atoms with Crippen molar-refractivity contribution in [1.29, 1.82) is 0 Å². The number of ether oxygens (including phenoxy) is 1. The van der Waals surface area contributed by atoms with Gasteiger partial charge >= 0.3 is 0 Å². The van der Waals surface area contributed by atoms with Gasteiger partial charge < -0.3 is 14.5 Å². The van der Waals surface area contributed by atoms with Crippen LogP contribution < -0.4 is 10.1 Å². The number of imide groups is 1. The van der Waals surface area contributed by atoms with Crippen molar-refractivity contribution in [2.75, 3.05) is 11.9 Å². The first-order valence-electron chi connectivity index (χ1n) is 10.7. The van der Waals surface area contributed by atoms with Gasteiger partial charge in [0.15, 0.2) is 0 Å². The molecule has 0 spiro atoms. The molecular formula is C26H26N2O4. The molecule has 4 rings (SSSR count). The molecule has 0 unspecified atom stereocenters. The molecule has 0 radical (unpaired) electrons. The summed E-state index contributed by atoms with van der Waals surface area (Å²) in [6.07, 6.45) is 2.42. The highest BCUT2D eigenvalue weighted by atomic mass is 16.5. The number of rotatable bonds is 8. The summed E-state index contributed by atoms with van der Waals surface area (Å²) >= 11 is 0. The van der Waals surface area contributed by atoms with Crippen molar-refractivity contribution in [1.82, 2.24) is 4.90 Å². The number of benzene rings is 2. The molecule has 2 amide bonds.